The molecule has 4 heteroatoms. The molecule has 0 saturated heterocycles. The zero-order chi connectivity index (χ0) is 12.4. The summed E-state index contributed by atoms with van der Waals surface area (Å²) < 4.78 is 0. The van der Waals surface area contributed by atoms with Gasteiger partial charge in [0.15, 0.2) is 0 Å². The van der Waals surface area contributed by atoms with Gasteiger partial charge in [0.05, 0.1) is 11.9 Å². The minimum Gasteiger partial charge on any atom is -0.481 e. The molecule has 0 amide bonds. The van der Waals surface area contributed by atoms with E-state index in [-0.39, 0.29) is 6.42 Å². The van der Waals surface area contributed by atoms with Crippen LogP contribution in [0.4, 0.5) is 0 Å². The number of benzene rings is 1. The van der Waals surface area contributed by atoms with Crippen molar-refractivity contribution in [1.82, 2.24) is 9.97 Å². The van der Waals surface area contributed by atoms with Crippen molar-refractivity contribution in [2.75, 3.05) is 0 Å². The SMILES string of the molecule is Cc1ccc2nc(CCC(=O)O)nc(C)c2c1. The predicted molar refractivity (Wildman–Crippen MR) is 65.0 cm³/mol. The zero-order valence-electron chi connectivity index (χ0n) is 9.90. The molecule has 1 heterocycles. The van der Waals surface area contributed by atoms with Gasteiger partial charge in [-0.2, -0.15) is 0 Å². The number of nitrogens with zero attached hydrogens (tertiary/aromatic N) is 2. The van der Waals surface area contributed by atoms with Crippen molar-refractivity contribution >= 4 is 16.9 Å². The summed E-state index contributed by atoms with van der Waals surface area (Å²) in [7, 11) is 0. The van der Waals surface area contributed by atoms with Gasteiger partial charge in [0.25, 0.3) is 0 Å². The molecule has 2 rings (SSSR count). The molecule has 0 aliphatic rings. The maximum absolute atomic E-state index is 10.5. The molecule has 0 unspecified atom stereocenters. The van der Waals surface area contributed by atoms with Crippen molar-refractivity contribution in [3.8, 4) is 0 Å². The lowest BCUT2D eigenvalue weighted by atomic mass is 10.1. The highest BCUT2D eigenvalue weighted by Crippen LogP contribution is 2.17. The minimum atomic E-state index is -0.824. The maximum atomic E-state index is 10.5. The first-order chi connectivity index (χ1) is 8.06. The van der Waals surface area contributed by atoms with Crippen LogP contribution >= 0.6 is 0 Å². The van der Waals surface area contributed by atoms with Gasteiger partial charge in [-0.05, 0) is 26.0 Å². The predicted octanol–water partition coefficient (Wildman–Crippen LogP) is 2.26. The fraction of sp³-hybridized carbons (Fsp3) is 0.308. The van der Waals surface area contributed by atoms with E-state index in [1.807, 2.05) is 32.0 Å². The topological polar surface area (TPSA) is 63.1 Å². The van der Waals surface area contributed by atoms with Crippen molar-refractivity contribution in [3.05, 3.63) is 35.3 Å². The number of fused-ring (bicyclic) bond motifs is 1. The van der Waals surface area contributed by atoms with Gasteiger partial charge in [-0.25, -0.2) is 9.97 Å². The molecule has 4 nitrogen and oxygen atoms in total. The Balaban J connectivity index is 2.41. The first kappa shape index (κ1) is 11.5. The molecule has 0 aliphatic heterocycles. The van der Waals surface area contributed by atoms with Gasteiger partial charge in [0.1, 0.15) is 5.82 Å². The summed E-state index contributed by atoms with van der Waals surface area (Å²) in [4.78, 5) is 19.2. The summed E-state index contributed by atoms with van der Waals surface area (Å²) in [6, 6.07) is 5.99. The standard InChI is InChI=1S/C13H14N2O2/c1-8-3-4-11-10(7-8)9(2)14-12(15-11)5-6-13(16)17/h3-4,7H,5-6H2,1-2H3,(H,16,17). The Morgan fingerprint density at radius 3 is 2.76 bits per heavy atom. The normalized spacial score (nSPS) is 10.7. The fourth-order valence-corrected chi connectivity index (χ4v) is 1.79. The zero-order valence-corrected chi connectivity index (χ0v) is 9.90. The maximum Gasteiger partial charge on any atom is 0.303 e. The number of aromatic nitrogens is 2. The van der Waals surface area contributed by atoms with E-state index in [1.165, 1.54) is 5.56 Å². The monoisotopic (exact) mass is 230 g/mol. The molecular formula is C13H14N2O2. The number of hydrogen-bond donors (Lipinski definition) is 1. The van der Waals surface area contributed by atoms with Crippen molar-refractivity contribution in [2.45, 2.75) is 26.7 Å². The van der Waals surface area contributed by atoms with Crippen LogP contribution in [-0.2, 0) is 11.2 Å². The first-order valence-corrected chi connectivity index (χ1v) is 5.52. The highest BCUT2D eigenvalue weighted by molar-refractivity contribution is 5.81. The third-order valence-corrected chi connectivity index (χ3v) is 2.65. The summed E-state index contributed by atoms with van der Waals surface area (Å²) in [6.07, 6.45) is 0.441. The number of carboxylic acid groups (broad SMARTS) is 1. The van der Waals surface area contributed by atoms with Crippen LogP contribution in [0.15, 0.2) is 18.2 Å². The van der Waals surface area contributed by atoms with Crippen molar-refractivity contribution in [3.63, 3.8) is 0 Å². The van der Waals surface area contributed by atoms with E-state index in [0.717, 1.165) is 16.6 Å². The Bertz CT molecular complexity index is 579. The lowest BCUT2D eigenvalue weighted by Crippen LogP contribution is -2.03. The summed E-state index contributed by atoms with van der Waals surface area (Å²) in [5, 5.41) is 9.67. The highest BCUT2D eigenvalue weighted by Gasteiger charge is 2.06. The van der Waals surface area contributed by atoms with E-state index < -0.39 is 5.97 Å². The van der Waals surface area contributed by atoms with Gasteiger partial charge in [0, 0.05) is 17.5 Å². The second-order valence-corrected chi connectivity index (χ2v) is 4.14. The van der Waals surface area contributed by atoms with Crippen LogP contribution < -0.4 is 0 Å². The van der Waals surface area contributed by atoms with Crippen LogP contribution in [0.25, 0.3) is 10.9 Å². The molecule has 0 bridgehead atoms. The molecule has 0 atom stereocenters. The molecule has 2 aromatic rings. The summed E-state index contributed by atoms with van der Waals surface area (Å²) in [5.74, 6) is -0.225. The van der Waals surface area contributed by atoms with Crippen molar-refractivity contribution in [2.24, 2.45) is 0 Å². The molecule has 88 valence electrons. The molecule has 0 saturated carbocycles. The molecule has 0 spiro atoms. The van der Waals surface area contributed by atoms with Crippen LogP contribution in [0.3, 0.4) is 0 Å². The quantitative estimate of drug-likeness (QED) is 0.878. The number of rotatable bonds is 3. The van der Waals surface area contributed by atoms with E-state index >= 15 is 0 Å². The largest absolute Gasteiger partial charge is 0.481 e. The van der Waals surface area contributed by atoms with Crippen LogP contribution in [0.1, 0.15) is 23.5 Å². The van der Waals surface area contributed by atoms with Gasteiger partial charge in [0.2, 0.25) is 0 Å². The lowest BCUT2D eigenvalue weighted by molar-refractivity contribution is -0.137. The summed E-state index contributed by atoms with van der Waals surface area (Å²) in [6.45, 7) is 3.95. The van der Waals surface area contributed by atoms with E-state index in [0.29, 0.717) is 12.2 Å². The average Bonchev–Trinajstić information content (AvgIpc) is 2.27. The molecule has 0 fully saturated rings. The average molecular weight is 230 g/mol. The van der Waals surface area contributed by atoms with E-state index in [9.17, 15) is 4.79 Å². The Labute approximate surface area is 99.3 Å². The van der Waals surface area contributed by atoms with Crippen LogP contribution in [0.2, 0.25) is 0 Å². The molecule has 0 aliphatic carbocycles. The van der Waals surface area contributed by atoms with Gasteiger partial charge in [-0.15, -0.1) is 0 Å². The van der Waals surface area contributed by atoms with E-state index in [4.69, 9.17) is 5.11 Å². The molecule has 1 aromatic carbocycles. The van der Waals surface area contributed by atoms with Crippen LogP contribution in [0, 0.1) is 13.8 Å². The number of aliphatic carboxylic acids is 1. The Kier molecular flexibility index (Phi) is 3.04. The smallest absolute Gasteiger partial charge is 0.303 e. The summed E-state index contributed by atoms with van der Waals surface area (Å²) in [5.41, 5.74) is 2.95. The van der Waals surface area contributed by atoms with Crippen LogP contribution in [0.5, 0.6) is 0 Å². The van der Waals surface area contributed by atoms with Crippen LogP contribution in [-0.4, -0.2) is 21.0 Å². The second kappa shape index (κ2) is 4.49. The second-order valence-electron chi connectivity index (χ2n) is 4.14. The third-order valence-electron chi connectivity index (χ3n) is 2.65. The van der Waals surface area contributed by atoms with Crippen molar-refractivity contribution < 1.29 is 9.90 Å². The molecule has 0 radical (unpaired) electrons. The molecule has 1 aromatic heterocycles. The Morgan fingerprint density at radius 2 is 2.06 bits per heavy atom. The minimum absolute atomic E-state index is 0.0663. The Hall–Kier alpha value is -1.97. The number of carboxylic acids is 1. The summed E-state index contributed by atoms with van der Waals surface area (Å²) >= 11 is 0. The molecule has 1 N–H and O–H groups in total. The van der Waals surface area contributed by atoms with Gasteiger partial charge < -0.3 is 5.11 Å². The van der Waals surface area contributed by atoms with Gasteiger partial charge >= 0.3 is 5.97 Å². The molecular weight excluding hydrogens is 216 g/mol. The Morgan fingerprint density at radius 1 is 1.29 bits per heavy atom. The number of carbonyl (C=O) groups is 1. The van der Waals surface area contributed by atoms with Crippen molar-refractivity contribution in [1.29, 1.82) is 0 Å². The number of aryl methyl sites for hydroxylation is 3. The van der Waals surface area contributed by atoms with E-state index in [2.05, 4.69) is 9.97 Å². The van der Waals surface area contributed by atoms with Gasteiger partial charge in [-0.3, -0.25) is 4.79 Å². The number of hydrogen-bond acceptors (Lipinski definition) is 3. The lowest BCUT2D eigenvalue weighted by Gasteiger charge is -2.05. The van der Waals surface area contributed by atoms with E-state index in [1.54, 1.807) is 0 Å². The van der Waals surface area contributed by atoms with Gasteiger partial charge in [-0.1, -0.05) is 11.6 Å². The fourth-order valence-electron chi connectivity index (χ4n) is 1.79. The first-order valence-electron chi connectivity index (χ1n) is 5.52. The molecule has 17 heavy (non-hydrogen) atoms. The third kappa shape index (κ3) is 2.58. The highest BCUT2D eigenvalue weighted by atomic mass is 16.4.